The van der Waals surface area contributed by atoms with E-state index >= 15 is 0 Å². The van der Waals surface area contributed by atoms with Crippen molar-refractivity contribution in [1.82, 2.24) is 9.97 Å². The Morgan fingerprint density at radius 1 is 0.882 bits per heavy atom. The van der Waals surface area contributed by atoms with Gasteiger partial charge in [0.25, 0.3) is 5.69 Å². The standard InChI is InChI=1S/C26H20N4O2S2/c31-30(32)22-16-17(11-12-21(22)29-13-5-6-14-29)15-18(25-27-19-7-1-3-9-23(19)33-25)26-28-20-8-2-4-10-24(20)34-26/h1-4,7-12,15-16H,5-6,13-14H2. The van der Waals surface area contributed by atoms with E-state index in [4.69, 9.17) is 9.97 Å². The molecule has 0 aliphatic carbocycles. The molecule has 1 saturated heterocycles. The van der Waals surface area contributed by atoms with Crippen molar-refractivity contribution in [2.45, 2.75) is 12.8 Å². The van der Waals surface area contributed by atoms with E-state index in [2.05, 4.69) is 17.0 Å². The van der Waals surface area contributed by atoms with Crippen LogP contribution in [0.4, 0.5) is 11.4 Å². The molecule has 34 heavy (non-hydrogen) atoms. The molecule has 0 amide bonds. The normalized spacial score (nSPS) is 13.6. The molecule has 8 heteroatoms. The predicted octanol–water partition coefficient (Wildman–Crippen LogP) is 7.00. The Morgan fingerprint density at radius 3 is 2.03 bits per heavy atom. The second-order valence-electron chi connectivity index (χ2n) is 8.23. The van der Waals surface area contributed by atoms with Crippen LogP contribution in [-0.2, 0) is 0 Å². The lowest BCUT2D eigenvalue weighted by molar-refractivity contribution is -0.384. The van der Waals surface area contributed by atoms with Crippen LogP contribution < -0.4 is 4.90 Å². The van der Waals surface area contributed by atoms with Gasteiger partial charge in [-0.3, -0.25) is 10.1 Å². The molecule has 0 saturated carbocycles. The van der Waals surface area contributed by atoms with Gasteiger partial charge in [0.1, 0.15) is 15.7 Å². The monoisotopic (exact) mass is 484 g/mol. The van der Waals surface area contributed by atoms with Gasteiger partial charge in [0.05, 0.1) is 25.4 Å². The molecule has 3 heterocycles. The zero-order valence-corrected chi connectivity index (χ0v) is 19.8. The highest BCUT2D eigenvalue weighted by Crippen LogP contribution is 2.38. The molecule has 1 fully saturated rings. The minimum Gasteiger partial charge on any atom is -0.366 e. The zero-order chi connectivity index (χ0) is 23.1. The highest BCUT2D eigenvalue weighted by Gasteiger charge is 2.23. The van der Waals surface area contributed by atoms with Crippen molar-refractivity contribution in [1.29, 1.82) is 0 Å². The molecule has 0 bridgehead atoms. The summed E-state index contributed by atoms with van der Waals surface area (Å²) in [6.45, 7) is 1.72. The fourth-order valence-corrected chi connectivity index (χ4v) is 6.39. The van der Waals surface area contributed by atoms with E-state index in [1.165, 1.54) is 0 Å². The summed E-state index contributed by atoms with van der Waals surface area (Å²) < 4.78 is 2.19. The Balaban J connectivity index is 1.51. The van der Waals surface area contributed by atoms with Crippen molar-refractivity contribution >= 4 is 66.1 Å². The molecule has 5 aromatic rings. The summed E-state index contributed by atoms with van der Waals surface area (Å²) in [4.78, 5) is 23.5. The van der Waals surface area contributed by atoms with Gasteiger partial charge in [-0.25, -0.2) is 9.97 Å². The number of nitro benzene ring substituents is 1. The number of hydrogen-bond acceptors (Lipinski definition) is 7. The number of nitrogens with zero attached hydrogens (tertiary/aromatic N) is 4. The van der Waals surface area contributed by atoms with Crippen LogP contribution in [0.15, 0.2) is 66.7 Å². The molecule has 6 nitrogen and oxygen atoms in total. The van der Waals surface area contributed by atoms with Gasteiger partial charge in [-0.15, -0.1) is 22.7 Å². The molecule has 0 unspecified atom stereocenters. The van der Waals surface area contributed by atoms with Crippen molar-refractivity contribution in [2.24, 2.45) is 0 Å². The van der Waals surface area contributed by atoms with Gasteiger partial charge in [0.15, 0.2) is 0 Å². The molecule has 1 aliphatic heterocycles. The average molecular weight is 485 g/mol. The van der Waals surface area contributed by atoms with E-state index in [1.54, 1.807) is 28.7 Å². The number of hydrogen-bond donors (Lipinski definition) is 0. The first kappa shape index (κ1) is 20.9. The van der Waals surface area contributed by atoms with Gasteiger partial charge < -0.3 is 4.90 Å². The quantitative estimate of drug-likeness (QED) is 0.198. The molecule has 0 atom stereocenters. The first-order valence-corrected chi connectivity index (χ1v) is 12.8. The van der Waals surface area contributed by atoms with Crippen LogP contribution in [0.1, 0.15) is 28.4 Å². The summed E-state index contributed by atoms with van der Waals surface area (Å²) in [5, 5.41) is 13.6. The fraction of sp³-hybridized carbons (Fsp3) is 0.154. The maximum atomic E-state index is 11.9. The third-order valence-corrected chi connectivity index (χ3v) is 8.14. The van der Waals surface area contributed by atoms with E-state index in [1.807, 2.05) is 54.6 Å². The molecule has 0 radical (unpaired) electrons. The van der Waals surface area contributed by atoms with Crippen LogP contribution in [-0.4, -0.2) is 28.0 Å². The Labute approximate surface area is 204 Å². The average Bonchev–Trinajstić information content (AvgIpc) is 3.61. The molecule has 0 N–H and O–H groups in total. The van der Waals surface area contributed by atoms with Gasteiger partial charge in [-0.2, -0.15) is 0 Å². The van der Waals surface area contributed by atoms with E-state index in [-0.39, 0.29) is 10.6 Å². The summed E-state index contributed by atoms with van der Waals surface area (Å²) in [5.74, 6) is 0. The Hall–Kier alpha value is -3.62. The van der Waals surface area contributed by atoms with E-state index in [0.29, 0.717) is 5.69 Å². The van der Waals surface area contributed by atoms with Crippen molar-refractivity contribution < 1.29 is 4.92 Å². The van der Waals surface area contributed by atoms with E-state index < -0.39 is 0 Å². The number of benzene rings is 3. The molecule has 2 aromatic heterocycles. The molecule has 6 rings (SSSR count). The number of thiazole rings is 2. The second kappa shape index (κ2) is 8.62. The largest absolute Gasteiger partial charge is 0.366 e. The lowest BCUT2D eigenvalue weighted by Crippen LogP contribution is -2.18. The summed E-state index contributed by atoms with van der Waals surface area (Å²) >= 11 is 3.22. The maximum absolute atomic E-state index is 11.9. The number of anilines is 1. The van der Waals surface area contributed by atoms with Gasteiger partial charge in [0, 0.05) is 24.7 Å². The summed E-state index contributed by atoms with van der Waals surface area (Å²) in [5.41, 5.74) is 4.35. The topological polar surface area (TPSA) is 72.2 Å². The highest BCUT2D eigenvalue weighted by atomic mass is 32.1. The summed E-state index contributed by atoms with van der Waals surface area (Å²) in [7, 11) is 0. The number of fused-ring (bicyclic) bond motifs is 2. The Morgan fingerprint density at radius 2 is 1.47 bits per heavy atom. The Kier molecular flexibility index (Phi) is 5.31. The van der Waals surface area contributed by atoms with Crippen LogP contribution in [0, 0.1) is 10.1 Å². The van der Waals surface area contributed by atoms with Crippen molar-refractivity contribution in [3.8, 4) is 0 Å². The van der Waals surface area contributed by atoms with Gasteiger partial charge in [0.2, 0.25) is 0 Å². The number of para-hydroxylation sites is 2. The second-order valence-corrected chi connectivity index (χ2v) is 10.3. The van der Waals surface area contributed by atoms with E-state index in [9.17, 15) is 10.1 Å². The van der Waals surface area contributed by atoms with Gasteiger partial charge in [-0.05, 0) is 54.8 Å². The van der Waals surface area contributed by atoms with Gasteiger partial charge >= 0.3 is 0 Å². The molecule has 0 spiro atoms. The minimum absolute atomic E-state index is 0.142. The van der Waals surface area contributed by atoms with Crippen LogP contribution in [0.3, 0.4) is 0 Å². The number of aromatic nitrogens is 2. The molecule has 168 valence electrons. The third kappa shape index (κ3) is 3.85. The first-order chi connectivity index (χ1) is 16.7. The van der Waals surface area contributed by atoms with Crippen LogP contribution in [0.5, 0.6) is 0 Å². The van der Waals surface area contributed by atoms with Crippen molar-refractivity contribution in [3.63, 3.8) is 0 Å². The zero-order valence-electron chi connectivity index (χ0n) is 18.2. The SMILES string of the molecule is O=[N+]([O-])c1cc(C=C(c2nc3ccccc3s2)c2nc3ccccc3s2)ccc1N1CCCC1. The summed E-state index contributed by atoms with van der Waals surface area (Å²) in [6, 6.07) is 21.6. The lowest BCUT2D eigenvalue weighted by Gasteiger charge is -2.17. The minimum atomic E-state index is -0.278. The lowest BCUT2D eigenvalue weighted by atomic mass is 10.1. The third-order valence-electron chi connectivity index (χ3n) is 6.00. The van der Waals surface area contributed by atoms with Gasteiger partial charge in [-0.1, -0.05) is 30.3 Å². The number of nitro groups is 1. The molecule has 1 aliphatic rings. The Bertz CT molecular complexity index is 1420. The molecular weight excluding hydrogens is 464 g/mol. The van der Waals surface area contributed by atoms with Crippen LogP contribution >= 0.6 is 22.7 Å². The number of rotatable bonds is 5. The maximum Gasteiger partial charge on any atom is 0.293 e. The molecule has 3 aromatic carbocycles. The van der Waals surface area contributed by atoms with E-state index in [0.717, 1.165) is 67.5 Å². The van der Waals surface area contributed by atoms with Crippen LogP contribution in [0.2, 0.25) is 0 Å². The van der Waals surface area contributed by atoms with Crippen molar-refractivity contribution in [2.75, 3.05) is 18.0 Å². The fourth-order valence-electron chi connectivity index (χ4n) is 4.36. The van der Waals surface area contributed by atoms with Crippen molar-refractivity contribution in [3.05, 3.63) is 92.4 Å². The highest BCUT2D eigenvalue weighted by molar-refractivity contribution is 7.22. The summed E-state index contributed by atoms with van der Waals surface area (Å²) in [6.07, 6.45) is 4.12. The predicted molar refractivity (Wildman–Crippen MR) is 141 cm³/mol. The molecular formula is C26H20N4O2S2. The van der Waals surface area contributed by atoms with Crippen LogP contribution in [0.25, 0.3) is 32.1 Å². The smallest absolute Gasteiger partial charge is 0.293 e. The first-order valence-electron chi connectivity index (χ1n) is 11.1.